The van der Waals surface area contributed by atoms with Gasteiger partial charge in [0.25, 0.3) is 0 Å². The van der Waals surface area contributed by atoms with E-state index in [0.717, 1.165) is 60.6 Å². The number of carbonyl (C=O) groups excluding carboxylic acids is 2. The molecule has 7 nitrogen and oxygen atoms in total. The number of hydrogen-bond donors (Lipinski definition) is 0. The molecule has 0 radical (unpaired) electrons. The summed E-state index contributed by atoms with van der Waals surface area (Å²) in [4.78, 5) is 25.6. The zero-order chi connectivity index (χ0) is 46.1. The second-order valence-electron chi connectivity index (χ2n) is 21.3. The standard InChI is InChI=1S/C51H89BrO7Si2/c1-36(2)61(37(3)4,38(5)6)57-35-45(52)21-17-18-23-48(47-22-19-20-44(47)34-56-33-43-24-26-46(55-14)27-25-43)58-50(54)31-49(59-60(15,16)51(11,12)13)42(10)30-40(8)28-39(7)29-41(9)32-53/h17-18,21,24-27,32,36-42,44,47-49H,19-20,22-23,28-31,33-35H2,1-16H3/b18-17+,45-21-/t39-,40+,41+,42+,44+,47-,48+,49+/m1/s1. The largest absolute Gasteiger partial charge is 0.497 e. The molecular weight excluding hydrogens is 861 g/mol. The fourth-order valence-corrected chi connectivity index (χ4v) is 17.2. The Morgan fingerprint density at radius 3 is 2.05 bits per heavy atom. The number of hydrogen-bond acceptors (Lipinski definition) is 7. The number of esters is 1. The Balaban J connectivity index is 2.33. The first-order valence-electron chi connectivity index (χ1n) is 23.7. The highest BCUT2D eigenvalue weighted by Gasteiger charge is 2.45. The highest BCUT2D eigenvalue weighted by atomic mass is 79.9. The van der Waals surface area contributed by atoms with Crippen molar-refractivity contribution in [2.75, 3.05) is 20.3 Å². The van der Waals surface area contributed by atoms with Gasteiger partial charge in [0.15, 0.2) is 8.32 Å². The minimum atomic E-state index is -2.21. The normalized spacial score (nSPS) is 20.0. The Hall–Kier alpha value is -1.57. The van der Waals surface area contributed by atoms with Crippen molar-refractivity contribution in [3.8, 4) is 5.75 Å². The number of allylic oxidation sites excluding steroid dienone is 2. The topological polar surface area (TPSA) is 80.3 Å². The third-order valence-electron chi connectivity index (χ3n) is 14.0. The molecule has 0 heterocycles. The SMILES string of the molecule is COc1ccc(COC[C@@H]2CCC[C@H]2[C@H](C/C=C/C=C(\Br)CO[Si](C(C)C)(C(C)C)C(C)C)OC(=O)C[C@H](O[Si](C)(C)C(C)(C)C)[C@@H](C)C[C@@H](C)C[C@@H](C)C[C@H](C)C=O)cc1. The summed E-state index contributed by atoms with van der Waals surface area (Å²) in [5.41, 5.74) is 2.66. The molecule has 0 spiro atoms. The fourth-order valence-electron chi connectivity index (χ4n) is 9.90. The highest BCUT2D eigenvalue weighted by molar-refractivity contribution is 9.11. The number of ether oxygens (including phenoxy) is 3. The summed E-state index contributed by atoms with van der Waals surface area (Å²) in [6.45, 7) is 35.7. The van der Waals surface area contributed by atoms with Crippen molar-refractivity contribution in [1.82, 2.24) is 0 Å². The average molecular weight is 950 g/mol. The van der Waals surface area contributed by atoms with Crippen molar-refractivity contribution in [3.63, 3.8) is 0 Å². The molecule has 1 aliphatic rings. The van der Waals surface area contributed by atoms with E-state index in [2.05, 4.69) is 130 Å². The summed E-state index contributed by atoms with van der Waals surface area (Å²) >= 11 is 3.81. The van der Waals surface area contributed by atoms with Crippen LogP contribution in [-0.4, -0.2) is 61.4 Å². The molecule has 0 aromatic heterocycles. The van der Waals surface area contributed by atoms with Gasteiger partial charge in [0.1, 0.15) is 18.1 Å². The summed E-state index contributed by atoms with van der Waals surface area (Å²) in [5.74, 6) is 2.29. The first-order valence-corrected chi connectivity index (χ1v) is 29.5. The van der Waals surface area contributed by atoms with E-state index in [0.29, 0.717) is 60.6 Å². The van der Waals surface area contributed by atoms with Crippen LogP contribution in [0.2, 0.25) is 34.8 Å². The smallest absolute Gasteiger partial charge is 0.308 e. The molecule has 350 valence electrons. The summed E-state index contributed by atoms with van der Waals surface area (Å²) in [7, 11) is -2.53. The van der Waals surface area contributed by atoms with Crippen molar-refractivity contribution in [3.05, 3.63) is 52.5 Å². The summed E-state index contributed by atoms with van der Waals surface area (Å²) in [6.07, 6.45) is 13.8. The van der Waals surface area contributed by atoms with Crippen LogP contribution in [0.5, 0.6) is 5.75 Å². The molecule has 8 atom stereocenters. The molecule has 0 N–H and O–H groups in total. The number of halogens is 1. The summed E-state index contributed by atoms with van der Waals surface area (Å²) in [6, 6.07) is 8.03. The summed E-state index contributed by atoms with van der Waals surface area (Å²) < 4.78 is 33.3. The first kappa shape index (κ1) is 55.6. The maximum Gasteiger partial charge on any atom is 0.308 e. The molecule has 10 heteroatoms. The molecule has 61 heavy (non-hydrogen) atoms. The van der Waals surface area contributed by atoms with Gasteiger partial charge < -0.3 is 27.9 Å². The van der Waals surface area contributed by atoms with Gasteiger partial charge in [-0.3, -0.25) is 4.79 Å². The molecule has 0 amide bonds. The van der Waals surface area contributed by atoms with Crippen LogP contribution in [0.1, 0.15) is 147 Å². The van der Waals surface area contributed by atoms with Crippen molar-refractivity contribution in [2.24, 2.45) is 35.5 Å². The fraction of sp³-hybridized carbons (Fsp3) is 0.765. The average Bonchev–Trinajstić information content (AvgIpc) is 3.63. The van der Waals surface area contributed by atoms with Gasteiger partial charge in [-0.25, -0.2) is 0 Å². The lowest BCUT2D eigenvalue weighted by molar-refractivity contribution is -0.155. The molecule has 2 rings (SSSR count). The Morgan fingerprint density at radius 1 is 0.885 bits per heavy atom. The predicted octanol–water partition coefficient (Wildman–Crippen LogP) is 14.7. The van der Waals surface area contributed by atoms with Gasteiger partial charge in [-0.15, -0.1) is 0 Å². The number of methoxy groups -OCH3 is 1. The van der Waals surface area contributed by atoms with Crippen LogP contribution >= 0.6 is 15.9 Å². The van der Waals surface area contributed by atoms with Crippen LogP contribution in [-0.2, 0) is 34.5 Å². The maximum absolute atomic E-state index is 14.3. The second-order valence-corrected chi connectivity index (χ2v) is 32.5. The van der Waals surface area contributed by atoms with E-state index >= 15 is 0 Å². The number of carbonyl (C=O) groups is 2. The van der Waals surface area contributed by atoms with Crippen molar-refractivity contribution in [2.45, 2.75) is 195 Å². The predicted molar refractivity (Wildman–Crippen MR) is 264 cm³/mol. The highest BCUT2D eigenvalue weighted by Crippen LogP contribution is 2.43. The van der Waals surface area contributed by atoms with Crippen molar-refractivity contribution in [1.29, 1.82) is 0 Å². The Kier molecular flexibility index (Phi) is 24.1. The van der Waals surface area contributed by atoms with Gasteiger partial charge in [-0.05, 0) is 108 Å². The molecule has 0 saturated heterocycles. The van der Waals surface area contributed by atoms with Crippen molar-refractivity contribution < 1.29 is 32.7 Å². The molecule has 1 aromatic carbocycles. The minimum absolute atomic E-state index is 0.00503. The first-order chi connectivity index (χ1) is 28.5. The quantitative estimate of drug-likeness (QED) is 0.0358. The molecule has 0 aliphatic heterocycles. The van der Waals surface area contributed by atoms with E-state index in [1.54, 1.807) is 7.11 Å². The van der Waals surface area contributed by atoms with Crippen LogP contribution in [0, 0.1) is 35.5 Å². The lowest BCUT2D eigenvalue weighted by Gasteiger charge is -2.42. The Bertz CT molecular complexity index is 1460. The van der Waals surface area contributed by atoms with Gasteiger partial charge in [-0.2, -0.15) is 0 Å². The zero-order valence-electron chi connectivity index (χ0n) is 41.5. The van der Waals surface area contributed by atoms with E-state index in [9.17, 15) is 9.59 Å². The molecular formula is C51H89BrO7Si2. The Labute approximate surface area is 384 Å². The van der Waals surface area contributed by atoms with Crippen LogP contribution in [0.4, 0.5) is 0 Å². The monoisotopic (exact) mass is 949 g/mol. The van der Waals surface area contributed by atoms with Gasteiger partial charge in [-0.1, -0.05) is 143 Å². The minimum Gasteiger partial charge on any atom is -0.497 e. The van der Waals surface area contributed by atoms with Gasteiger partial charge >= 0.3 is 5.97 Å². The van der Waals surface area contributed by atoms with Crippen LogP contribution < -0.4 is 4.74 Å². The van der Waals surface area contributed by atoms with E-state index < -0.39 is 16.6 Å². The molecule has 1 saturated carbocycles. The number of aldehydes is 1. The number of benzene rings is 1. The molecule has 0 unspecified atom stereocenters. The van der Waals surface area contributed by atoms with Crippen LogP contribution in [0.15, 0.2) is 47.0 Å². The number of rotatable bonds is 28. The van der Waals surface area contributed by atoms with Gasteiger partial charge in [0.2, 0.25) is 8.32 Å². The molecule has 1 fully saturated rings. The van der Waals surface area contributed by atoms with E-state index in [1.165, 1.54) is 0 Å². The van der Waals surface area contributed by atoms with E-state index in [4.69, 9.17) is 23.1 Å². The molecule has 1 aliphatic carbocycles. The van der Waals surface area contributed by atoms with Crippen molar-refractivity contribution >= 4 is 44.8 Å². The molecule has 1 aromatic rings. The second kappa shape index (κ2) is 26.4. The third-order valence-corrected chi connectivity index (χ3v) is 25.1. The van der Waals surface area contributed by atoms with Crippen LogP contribution in [0.3, 0.4) is 0 Å². The lowest BCUT2D eigenvalue weighted by Crippen LogP contribution is -2.48. The maximum atomic E-state index is 14.3. The summed E-state index contributed by atoms with van der Waals surface area (Å²) in [5, 5.41) is 0.00503. The lowest BCUT2D eigenvalue weighted by atomic mass is 9.84. The van der Waals surface area contributed by atoms with Gasteiger partial charge in [0.05, 0.1) is 39.5 Å². The van der Waals surface area contributed by atoms with Crippen LogP contribution in [0.25, 0.3) is 0 Å². The Morgan fingerprint density at radius 2 is 1.49 bits per heavy atom. The molecule has 0 bridgehead atoms. The van der Waals surface area contributed by atoms with Gasteiger partial charge in [0, 0.05) is 22.7 Å². The van der Waals surface area contributed by atoms with E-state index in [1.807, 2.05) is 31.2 Å². The third kappa shape index (κ3) is 18.1. The van der Waals surface area contributed by atoms with E-state index in [-0.39, 0.29) is 47.4 Å². The zero-order valence-corrected chi connectivity index (χ0v) is 45.1.